The van der Waals surface area contributed by atoms with Gasteiger partial charge in [-0.3, -0.25) is 4.90 Å². The van der Waals surface area contributed by atoms with Crippen LogP contribution in [0.5, 0.6) is 5.88 Å². The Balaban J connectivity index is 1.06. The van der Waals surface area contributed by atoms with Gasteiger partial charge in [-0.25, -0.2) is 4.98 Å². The molecular formula is C29H32N6OS. The van der Waals surface area contributed by atoms with Crippen LogP contribution in [0, 0.1) is 18.3 Å². The molecule has 1 N–H and O–H groups in total. The predicted octanol–water partition coefficient (Wildman–Crippen LogP) is 5.44. The number of ether oxygens (including phenoxy) is 1. The summed E-state index contributed by atoms with van der Waals surface area (Å²) in [6.07, 6.45) is 5.47. The van der Waals surface area contributed by atoms with Crippen molar-refractivity contribution in [2.24, 2.45) is 0 Å². The normalized spacial score (nSPS) is 14.1. The summed E-state index contributed by atoms with van der Waals surface area (Å²) < 4.78 is 5.27. The number of benzene rings is 2. The van der Waals surface area contributed by atoms with Gasteiger partial charge in [-0.2, -0.15) is 10.2 Å². The average Bonchev–Trinajstić information content (AvgIpc) is 3.33. The van der Waals surface area contributed by atoms with Crippen molar-refractivity contribution in [3.8, 4) is 11.9 Å². The number of nitrogens with zero attached hydrogens (tertiary/aromatic N) is 5. The van der Waals surface area contributed by atoms with E-state index in [1.54, 1.807) is 18.9 Å². The first-order valence-corrected chi connectivity index (χ1v) is 13.6. The topological polar surface area (TPSA) is 81.1 Å². The zero-order valence-electron chi connectivity index (χ0n) is 21.4. The minimum Gasteiger partial charge on any atom is -0.481 e. The number of hydrogen-bond acceptors (Lipinski definition) is 7. The van der Waals surface area contributed by atoms with Crippen molar-refractivity contribution in [1.29, 1.82) is 5.26 Å². The van der Waals surface area contributed by atoms with E-state index in [2.05, 4.69) is 61.3 Å². The minimum absolute atomic E-state index is 0.594. The third-order valence-corrected chi connectivity index (χ3v) is 7.74. The molecule has 0 unspecified atom stereocenters. The molecule has 1 fully saturated rings. The molecule has 190 valence electrons. The van der Waals surface area contributed by atoms with Crippen LogP contribution in [-0.2, 0) is 6.42 Å². The van der Waals surface area contributed by atoms with Gasteiger partial charge < -0.3 is 14.6 Å². The molecule has 0 amide bonds. The summed E-state index contributed by atoms with van der Waals surface area (Å²) in [5.74, 6) is 0.594. The molecule has 0 bridgehead atoms. The molecule has 4 aromatic rings. The van der Waals surface area contributed by atoms with E-state index in [9.17, 15) is 5.26 Å². The fourth-order valence-corrected chi connectivity index (χ4v) is 5.64. The van der Waals surface area contributed by atoms with Gasteiger partial charge in [0.1, 0.15) is 0 Å². The highest BCUT2D eigenvalue weighted by Gasteiger charge is 2.17. The van der Waals surface area contributed by atoms with Gasteiger partial charge in [0.15, 0.2) is 5.16 Å². The van der Waals surface area contributed by atoms with E-state index in [1.165, 1.54) is 23.1 Å². The maximum absolute atomic E-state index is 9.19. The van der Waals surface area contributed by atoms with E-state index >= 15 is 0 Å². The van der Waals surface area contributed by atoms with Crippen LogP contribution in [0.25, 0.3) is 10.9 Å². The molecule has 0 aliphatic carbocycles. The first-order valence-electron chi connectivity index (χ1n) is 12.8. The van der Waals surface area contributed by atoms with Gasteiger partial charge in [0.05, 0.1) is 18.7 Å². The molecule has 1 saturated heterocycles. The lowest BCUT2D eigenvalue weighted by Crippen LogP contribution is -2.46. The van der Waals surface area contributed by atoms with Gasteiger partial charge in [-0.15, -0.1) is 0 Å². The molecule has 0 atom stereocenters. The van der Waals surface area contributed by atoms with Gasteiger partial charge in [-0.1, -0.05) is 0 Å². The third-order valence-electron chi connectivity index (χ3n) is 6.87. The van der Waals surface area contributed by atoms with Crippen LogP contribution in [0.2, 0.25) is 0 Å². The van der Waals surface area contributed by atoms with Gasteiger partial charge in [-0.05, 0) is 92.5 Å². The molecule has 2 aromatic carbocycles. The summed E-state index contributed by atoms with van der Waals surface area (Å²) in [6, 6.07) is 18.6. The number of aromatic amines is 1. The third kappa shape index (κ3) is 6.24. The molecule has 2 aromatic heterocycles. The number of H-pyrrole nitrogens is 1. The number of fused-ring (bicyclic) bond motifs is 1. The summed E-state index contributed by atoms with van der Waals surface area (Å²) in [7, 11) is 1.63. The minimum atomic E-state index is 0.594. The van der Waals surface area contributed by atoms with Crippen molar-refractivity contribution >= 4 is 28.4 Å². The molecular weight excluding hydrogens is 480 g/mol. The average molecular weight is 513 g/mol. The summed E-state index contributed by atoms with van der Waals surface area (Å²) in [5.41, 5.74) is 5.31. The lowest BCUT2D eigenvalue weighted by molar-refractivity contribution is 0.253. The fourth-order valence-electron chi connectivity index (χ4n) is 4.83. The van der Waals surface area contributed by atoms with Crippen molar-refractivity contribution in [1.82, 2.24) is 19.9 Å². The van der Waals surface area contributed by atoms with E-state index in [4.69, 9.17) is 4.74 Å². The number of nitriles is 1. The Kier molecular flexibility index (Phi) is 7.93. The smallest absolute Gasteiger partial charge is 0.217 e. The Morgan fingerprint density at radius 1 is 1.03 bits per heavy atom. The summed E-state index contributed by atoms with van der Waals surface area (Å²) in [6.45, 7) is 7.36. The largest absolute Gasteiger partial charge is 0.481 e. The zero-order valence-corrected chi connectivity index (χ0v) is 22.2. The number of rotatable bonds is 9. The van der Waals surface area contributed by atoms with Crippen molar-refractivity contribution < 1.29 is 4.74 Å². The molecule has 37 heavy (non-hydrogen) atoms. The van der Waals surface area contributed by atoms with Crippen LogP contribution >= 0.6 is 11.8 Å². The lowest BCUT2D eigenvalue weighted by atomic mass is 10.1. The second-order valence-corrected chi connectivity index (χ2v) is 10.4. The van der Waals surface area contributed by atoms with E-state index in [0.717, 1.165) is 67.2 Å². The Morgan fingerprint density at radius 3 is 2.59 bits per heavy atom. The highest BCUT2D eigenvalue weighted by molar-refractivity contribution is 7.99. The van der Waals surface area contributed by atoms with Crippen LogP contribution in [0.3, 0.4) is 0 Å². The molecule has 0 spiro atoms. The Bertz CT molecular complexity index is 1390. The summed E-state index contributed by atoms with van der Waals surface area (Å²) in [4.78, 5) is 18.4. The molecule has 1 aliphatic rings. The standard InChI is InChI=1S/C29H32N6OS/c1-21-17-28(36-2)33-29(32-21)37-25-9-7-24(8-10-25)35-15-13-34(14-16-35)12-4-3-5-23-20-31-27-11-6-22(19-30)18-26(23)27/h6-11,17-18,20,31H,3-5,12-16H2,1-2H3. The number of piperazine rings is 1. The number of nitrogens with one attached hydrogen (secondary N) is 1. The predicted molar refractivity (Wildman–Crippen MR) is 148 cm³/mol. The monoisotopic (exact) mass is 512 g/mol. The first-order chi connectivity index (χ1) is 18.1. The SMILES string of the molecule is COc1cc(C)nc(Sc2ccc(N3CCN(CCCCc4c[nH]c5ccc(C#N)cc45)CC3)cc2)n1. The Hall–Kier alpha value is -3.54. The molecule has 0 saturated carbocycles. The highest BCUT2D eigenvalue weighted by atomic mass is 32.2. The van der Waals surface area contributed by atoms with E-state index in [0.29, 0.717) is 11.0 Å². The number of anilines is 1. The van der Waals surface area contributed by atoms with E-state index in [-0.39, 0.29) is 0 Å². The molecule has 0 radical (unpaired) electrons. The molecule has 5 rings (SSSR count). The van der Waals surface area contributed by atoms with E-state index in [1.807, 2.05) is 31.2 Å². The molecule has 3 heterocycles. The van der Waals surface area contributed by atoms with Crippen molar-refractivity contribution in [2.75, 3.05) is 44.7 Å². The summed E-state index contributed by atoms with van der Waals surface area (Å²) in [5, 5.41) is 11.1. The zero-order chi connectivity index (χ0) is 25.6. The second kappa shape index (κ2) is 11.7. The van der Waals surface area contributed by atoms with Crippen LogP contribution in [0.4, 0.5) is 5.69 Å². The number of hydrogen-bond donors (Lipinski definition) is 1. The molecule has 1 aliphatic heterocycles. The number of unbranched alkanes of at least 4 members (excludes halogenated alkanes) is 1. The van der Waals surface area contributed by atoms with Gasteiger partial charge in [0.2, 0.25) is 5.88 Å². The van der Waals surface area contributed by atoms with Crippen LogP contribution in [0.15, 0.2) is 64.8 Å². The van der Waals surface area contributed by atoms with Crippen molar-refractivity contribution in [3.05, 3.63) is 71.5 Å². The van der Waals surface area contributed by atoms with Gasteiger partial charge >= 0.3 is 0 Å². The maximum Gasteiger partial charge on any atom is 0.217 e. The number of methoxy groups -OCH3 is 1. The fraction of sp³-hybridized carbons (Fsp3) is 0.345. The summed E-state index contributed by atoms with van der Waals surface area (Å²) >= 11 is 1.55. The van der Waals surface area contributed by atoms with Crippen molar-refractivity contribution in [2.45, 2.75) is 36.2 Å². The quantitative estimate of drug-likeness (QED) is 0.236. The van der Waals surface area contributed by atoms with Crippen LogP contribution in [0.1, 0.15) is 29.7 Å². The van der Waals surface area contributed by atoms with Gasteiger partial charge in [0, 0.05) is 65.6 Å². The molecule has 7 nitrogen and oxygen atoms in total. The van der Waals surface area contributed by atoms with Crippen LogP contribution < -0.4 is 9.64 Å². The molecule has 8 heteroatoms. The van der Waals surface area contributed by atoms with E-state index < -0.39 is 0 Å². The van der Waals surface area contributed by atoms with Crippen molar-refractivity contribution in [3.63, 3.8) is 0 Å². The van der Waals surface area contributed by atoms with Gasteiger partial charge in [0.25, 0.3) is 0 Å². The Labute approximate surface area is 222 Å². The van der Waals surface area contributed by atoms with Crippen LogP contribution in [-0.4, -0.2) is 59.7 Å². The first kappa shape index (κ1) is 25.1. The number of aromatic nitrogens is 3. The Morgan fingerprint density at radius 2 is 1.84 bits per heavy atom. The number of aryl methyl sites for hydroxylation is 2. The second-order valence-electron chi connectivity index (χ2n) is 9.40. The lowest BCUT2D eigenvalue weighted by Gasteiger charge is -2.36. The highest BCUT2D eigenvalue weighted by Crippen LogP contribution is 2.29. The maximum atomic E-state index is 9.19.